The quantitative estimate of drug-likeness (QED) is 0.218. The predicted molar refractivity (Wildman–Crippen MR) is 103 cm³/mol. The van der Waals surface area contributed by atoms with Gasteiger partial charge in [0.15, 0.2) is 0 Å². The maximum atomic E-state index is 12.2. The lowest BCUT2D eigenvalue weighted by atomic mass is 9.79. The summed E-state index contributed by atoms with van der Waals surface area (Å²) in [7, 11) is 0. The first-order valence-electron chi connectivity index (χ1n) is 8.50. The Hall–Kier alpha value is -2.88. The molecule has 0 heterocycles. The third-order valence-corrected chi connectivity index (χ3v) is 4.08. The number of benzene rings is 1. The highest BCUT2D eigenvalue weighted by Crippen LogP contribution is 2.30. The van der Waals surface area contributed by atoms with Crippen LogP contribution in [-0.2, 0) is 4.79 Å². The van der Waals surface area contributed by atoms with Crippen LogP contribution in [0.25, 0.3) is 0 Å². The highest BCUT2D eigenvalue weighted by molar-refractivity contribution is 5.97. The summed E-state index contributed by atoms with van der Waals surface area (Å²) in [6.07, 6.45) is -0.958. The molecule has 0 aliphatic carbocycles. The van der Waals surface area contributed by atoms with Gasteiger partial charge in [-0.2, -0.15) is 0 Å². The molecule has 0 aliphatic rings. The van der Waals surface area contributed by atoms with Gasteiger partial charge in [-0.25, -0.2) is 5.48 Å². The summed E-state index contributed by atoms with van der Waals surface area (Å²) in [4.78, 5) is 24.0. The summed E-state index contributed by atoms with van der Waals surface area (Å²) in [5.74, 6) is 7.60. The van der Waals surface area contributed by atoms with Crippen LogP contribution in [0.3, 0.4) is 0 Å². The number of carbonyl (C=O) groups excluding carboxylic acids is 2. The second-order valence-electron chi connectivity index (χ2n) is 6.95. The first kappa shape index (κ1) is 23.2. The molecule has 1 aromatic carbocycles. The Bertz CT molecular complexity index is 853. The molecule has 28 heavy (non-hydrogen) atoms. The van der Waals surface area contributed by atoms with Crippen LogP contribution in [0, 0.1) is 29.6 Å². The van der Waals surface area contributed by atoms with Crippen molar-refractivity contribution in [3.05, 3.63) is 34.9 Å². The number of nitrogens with two attached hydrogens (primary N) is 2. The highest BCUT2D eigenvalue weighted by Gasteiger charge is 2.35. The number of amides is 2. The highest BCUT2D eigenvalue weighted by atomic mass is 16.5. The Balaban J connectivity index is 3.37. The molecule has 8 N–H and O–H groups in total. The van der Waals surface area contributed by atoms with E-state index in [4.69, 9.17) is 21.8 Å². The minimum absolute atomic E-state index is 0.0865. The molecule has 1 rings (SSSR count). The summed E-state index contributed by atoms with van der Waals surface area (Å²) in [6, 6.07) is 4.47. The summed E-state index contributed by atoms with van der Waals surface area (Å²) in [5, 5.41) is 27.4. The number of rotatable bonds is 6. The van der Waals surface area contributed by atoms with E-state index < -0.39 is 41.9 Å². The molecule has 1 aromatic rings. The molecule has 0 unspecified atom stereocenters. The van der Waals surface area contributed by atoms with Gasteiger partial charge in [0.25, 0.3) is 5.91 Å². The summed E-state index contributed by atoms with van der Waals surface area (Å²) < 4.78 is 0. The molecule has 3 atom stereocenters. The van der Waals surface area contributed by atoms with Crippen LogP contribution in [0.1, 0.15) is 48.2 Å². The Morgan fingerprint density at radius 1 is 1.29 bits per heavy atom. The number of nitrogens with one attached hydrogen (secondary N) is 1. The fraction of sp³-hybridized carbons (Fsp3) is 0.400. The average molecular weight is 387 g/mol. The minimum Gasteiger partial charge on any atom is -0.394 e. The van der Waals surface area contributed by atoms with Crippen molar-refractivity contribution in [1.82, 2.24) is 5.48 Å². The second kappa shape index (κ2) is 9.88. The molecule has 0 radical (unpaired) electrons. The van der Waals surface area contributed by atoms with E-state index in [0.29, 0.717) is 5.56 Å². The predicted octanol–water partition coefficient (Wildman–Crippen LogP) is -0.544. The smallest absolute Gasteiger partial charge is 0.252 e. The van der Waals surface area contributed by atoms with Gasteiger partial charge in [-0.15, -0.1) is 0 Å². The molecule has 150 valence electrons. The first-order chi connectivity index (χ1) is 13.0. The summed E-state index contributed by atoms with van der Waals surface area (Å²) in [5.41, 5.74) is 12.7. The second-order valence-corrected chi connectivity index (χ2v) is 6.95. The summed E-state index contributed by atoms with van der Waals surface area (Å²) in [6.45, 7) is 4.41. The van der Waals surface area contributed by atoms with Crippen LogP contribution in [0.4, 0.5) is 0 Å². The maximum absolute atomic E-state index is 12.2. The van der Waals surface area contributed by atoms with Crippen LogP contribution >= 0.6 is 0 Å². The van der Waals surface area contributed by atoms with Gasteiger partial charge < -0.3 is 21.7 Å². The van der Waals surface area contributed by atoms with Crippen LogP contribution in [0.15, 0.2) is 18.2 Å². The van der Waals surface area contributed by atoms with E-state index in [9.17, 15) is 14.7 Å². The van der Waals surface area contributed by atoms with Crippen molar-refractivity contribution in [2.75, 3.05) is 6.61 Å². The molecule has 0 aliphatic heterocycles. The minimum atomic E-state index is -1.11. The van der Waals surface area contributed by atoms with Gasteiger partial charge in [-0.05, 0) is 56.4 Å². The molecule has 8 nitrogen and oxygen atoms in total. The third-order valence-electron chi connectivity index (χ3n) is 4.08. The number of hydroxylamine groups is 1. The van der Waals surface area contributed by atoms with Crippen molar-refractivity contribution in [3.63, 3.8) is 0 Å². The first-order valence-corrected chi connectivity index (χ1v) is 8.50. The molecule has 0 spiro atoms. The van der Waals surface area contributed by atoms with Gasteiger partial charge in [0.2, 0.25) is 5.91 Å². The molecule has 0 fully saturated rings. The fourth-order valence-electron chi connectivity index (χ4n) is 2.56. The van der Waals surface area contributed by atoms with Gasteiger partial charge >= 0.3 is 0 Å². The van der Waals surface area contributed by atoms with E-state index in [-0.39, 0.29) is 11.1 Å². The van der Waals surface area contributed by atoms with E-state index in [2.05, 4.69) is 23.7 Å². The monoisotopic (exact) mass is 387 g/mol. The Labute approximate surface area is 163 Å². The van der Waals surface area contributed by atoms with E-state index >= 15 is 0 Å². The molecule has 0 saturated heterocycles. The number of aliphatic hydroxyl groups is 2. The lowest BCUT2D eigenvalue weighted by Gasteiger charge is -2.30. The molecule has 2 amide bonds. The molecule has 0 bridgehead atoms. The van der Waals surface area contributed by atoms with Crippen LogP contribution in [0.5, 0.6) is 0 Å². The number of hydrogen-bond acceptors (Lipinski definition) is 6. The normalized spacial score (nSPS) is 13.8. The lowest BCUT2D eigenvalue weighted by Crippen LogP contribution is -2.47. The Morgan fingerprint density at radius 2 is 1.93 bits per heavy atom. The van der Waals surface area contributed by atoms with Crippen molar-refractivity contribution in [1.29, 1.82) is 0 Å². The molecule has 0 aromatic heterocycles. The maximum Gasteiger partial charge on any atom is 0.252 e. The fourth-order valence-corrected chi connectivity index (χ4v) is 2.56. The van der Waals surface area contributed by atoms with E-state index in [1.807, 2.05) is 0 Å². The average Bonchev–Trinajstić information content (AvgIpc) is 2.63. The Kier molecular flexibility index (Phi) is 8.17. The largest absolute Gasteiger partial charge is 0.394 e. The van der Waals surface area contributed by atoms with Crippen molar-refractivity contribution in [2.24, 2.45) is 17.4 Å². The van der Waals surface area contributed by atoms with E-state index in [1.165, 1.54) is 12.1 Å². The van der Waals surface area contributed by atoms with E-state index in [1.54, 1.807) is 32.3 Å². The number of hydrogen-bond donors (Lipinski definition) is 6. The summed E-state index contributed by atoms with van der Waals surface area (Å²) >= 11 is 0. The van der Waals surface area contributed by atoms with Gasteiger partial charge in [-0.1, -0.05) is 11.8 Å². The number of carbonyl (C=O) groups is 2. The van der Waals surface area contributed by atoms with Gasteiger partial charge in [-0.3, -0.25) is 14.8 Å². The van der Waals surface area contributed by atoms with Gasteiger partial charge in [0.05, 0.1) is 18.6 Å². The zero-order valence-corrected chi connectivity index (χ0v) is 16.0. The van der Waals surface area contributed by atoms with Gasteiger partial charge in [0.1, 0.15) is 0 Å². The number of aliphatic hydroxyl groups excluding tert-OH is 2. The van der Waals surface area contributed by atoms with Crippen molar-refractivity contribution < 1.29 is 25.0 Å². The van der Waals surface area contributed by atoms with Crippen LogP contribution < -0.4 is 16.9 Å². The molecular weight excluding hydrogens is 362 g/mol. The zero-order valence-electron chi connectivity index (χ0n) is 16.0. The molecule has 0 saturated carbocycles. The van der Waals surface area contributed by atoms with Crippen molar-refractivity contribution in [3.8, 4) is 23.7 Å². The van der Waals surface area contributed by atoms with Crippen molar-refractivity contribution in [2.45, 2.75) is 38.3 Å². The van der Waals surface area contributed by atoms with Crippen molar-refractivity contribution >= 4 is 11.8 Å². The third kappa shape index (κ3) is 6.08. The van der Waals surface area contributed by atoms with Crippen LogP contribution in [0.2, 0.25) is 0 Å². The standard InChI is InChI=1S/C20H25N3O5/c1-12(16(25)11-24)6-4-5-7-13-8-9-14(18(21)26)15(10-13)17(19(27)23-28)20(2,3)22/h8-10,12,16-17,24-25,28H,11,22H2,1-3H3,(H2,21,26)(H,23,27)/t12-,16+,17+/m0/s1. The SMILES string of the molecule is C[C@@H](C#CC#Cc1ccc(C(N)=O)c([C@H](C(=O)NO)C(C)(C)N)c1)[C@H](O)CO. The Morgan fingerprint density at radius 3 is 2.43 bits per heavy atom. The van der Waals surface area contributed by atoms with E-state index in [0.717, 1.165) is 0 Å². The zero-order chi connectivity index (χ0) is 21.5. The lowest BCUT2D eigenvalue weighted by molar-refractivity contribution is -0.132. The number of primary amides is 1. The topological polar surface area (TPSA) is 159 Å². The molecular formula is C20H25N3O5. The van der Waals surface area contributed by atoms with Crippen LogP contribution in [-0.4, -0.2) is 45.5 Å². The van der Waals surface area contributed by atoms with Gasteiger partial charge in [0, 0.05) is 22.6 Å². The molecule has 8 heteroatoms.